The fraction of sp³-hybridized carbons (Fsp3) is 0.381. The number of imidazole rings is 1. The Morgan fingerprint density at radius 2 is 2.00 bits per heavy atom. The Balaban J connectivity index is 1.18. The van der Waals surface area contributed by atoms with Gasteiger partial charge in [0, 0.05) is 31.5 Å². The second kappa shape index (κ2) is 7.62. The Kier molecular flexibility index (Phi) is 4.67. The van der Waals surface area contributed by atoms with Crippen molar-refractivity contribution in [2.45, 2.75) is 12.8 Å². The number of amides is 1. The van der Waals surface area contributed by atoms with Crippen LogP contribution in [0.5, 0.6) is 17.4 Å². The summed E-state index contributed by atoms with van der Waals surface area (Å²) in [6.07, 6.45) is 5.29. The minimum atomic E-state index is -0.000977. The lowest BCUT2D eigenvalue weighted by molar-refractivity contribution is 0.0649. The van der Waals surface area contributed by atoms with Gasteiger partial charge in [0.25, 0.3) is 5.91 Å². The van der Waals surface area contributed by atoms with E-state index in [0.717, 1.165) is 18.5 Å². The van der Waals surface area contributed by atoms with E-state index in [1.165, 1.54) is 0 Å². The number of hydrogen-bond donors (Lipinski definition) is 0. The van der Waals surface area contributed by atoms with Gasteiger partial charge in [-0.25, -0.2) is 9.50 Å². The van der Waals surface area contributed by atoms with E-state index < -0.39 is 0 Å². The number of carbonyl (C=O) groups excluding carboxylic acids is 1. The zero-order valence-electron chi connectivity index (χ0n) is 16.0. The molecule has 0 atom stereocenters. The first-order chi connectivity index (χ1) is 14.3. The standard InChI is InChI=1S/C21H22N4O4/c26-21(16-2-1-3-17-20(16)28-13-12-27-17)24-9-6-15(7-10-24)14-29-19-5-4-18-22-8-11-25(18)23-19/h1-5,8,11,15H,6-7,9-10,12-14H2. The summed E-state index contributed by atoms with van der Waals surface area (Å²) >= 11 is 0. The predicted molar refractivity (Wildman–Crippen MR) is 105 cm³/mol. The number of carbonyl (C=O) groups is 1. The van der Waals surface area contributed by atoms with Crippen molar-refractivity contribution in [3.8, 4) is 17.4 Å². The van der Waals surface area contributed by atoms with Gasteiger partial charge in [-0.1, -0.05) is 6.07 Å². The number of rotatable bonds is 4. The normalized spacial score (nSPS) is 16.8. The molecule has 8 nitrogen and oxygen atoms in total. The van der Waals surface area contributed by atoms with Crippen LogP contribution in [0.3, 0.4) is 0 Å². The summed E-state index contributed by atoms with van der Waals surface area (Å²) in [7, 11) is 0. The molecule has 8 heteroatoms. The van der Waals surface area contributed by atoms with Crippen molar-refractivity contribution < 1.29 is 19.0 Å². The van der Waals surface area contributed by atoms with Crippen LogP contribution in [0, 0.1) is 5.92 Å². The molecule has 2 aromatic heterocycles. The van der Waals surface area contributed by atoms with Crippen LogP contribution in [0.15, 0.2) is 42.7 Å². The van der Waals surface area contributed by atoms with Crippen LogP contribution in [0.2, 0.25) is 0 Å². The molecule has 1 amide bonds. The fourth-order valence-electron chi connectivity index (χ4n) is 3.79. The summed E-state index contributed by atoms with van der Waals surface area (Å²) in [5.41, 5.74) is 1.37. The van der Waals surface area contributed by atoms with Crippen LogP contribution in [-0.4, -0.2) is 58.3 Å². The molecule has 0 radical (unpaired) electrons. The third kappa shape index (κ3) is 3.57. The molecule has 29 heavy (non-hydrogen) atoms. The highest BCUT2D eigenvalue weighted by Gasteiger charge is 2.28. The summed E-state index contributed by atoms with van der Waals surface area (Å²) in [6.45, 7) is 2.97. The van der Waals surface area contributed by atoms with Gasteiger partial charge in [0.05, 0.1) is 12.2 Å². The van der Waals surface area contributed by atoms with Crippen LogP contribution in [0.4, 0.5) is 0 Å². The lowest BCUT2D eigenvalue weighted by atomic mass is 9.97. The first-order valence-electron chi connectivity index (χ1n) is 9.89. The highest BCUT2D eigenvalue weighted by Crippen LogP contribution is 2.34. The monoisotopic (exact) mass is 394 g/mol. The van der Waals surface area contributed by atoms with Crippen LogP contribution in [-0.2, 0) is 0 Å². The molecule has 0 spiro atoms. The molecular weight excluding hydrogens is 372 g/mol. The SMILES string of the molecule is O=C(c1cccc2c1OCCO2)N1CCC(COc2ccc3nccn3n2)CC1. The Labute approximate surface area is 168 Å². The van der Waals surface area contributed by atoms with Crippen molar-refractivity contribution >= 4 is 11.6 Å². The molecule has 1 aromatic carbocycles. The van der Waals surface area contributed by atoms with Crippen molar-refractivity contribution in [2.75, 3.05) is 32.9 Å². The molecule has 2 aliphatic rings. The van der Waals surface area contributed by atoms with Gasteiger partial charge in [0.1, 0.15) is 13.2 Å². The first-order valence-corrected chi connectivity index (χ1v) is 9.89. The Hall–Kier alpha value is -3.29. The van der Waals surface area contributed by atoms with Crippen LogP contribution >= 0.6 is 0 Å². The second-order valence-corrected chi connectivity index (χ2v) is 7.28. The number of piperidine rings is 1. The van der Waals surface area contributed by atoms with Crippen molar-refractivity contribution in [3.05, 3.63) is 48.3 Å². The van der Waals surface area contributed by atoms with Gasteiger partial charge in [-0.05, 0) is 37.0 Å². The van der Waals surface area contributed by atoms with Gasteiger partial charge in [0.15, 0.2) is 17.1 Å². The highest BCUT2D eigenvalue weighted by molar-refractivity contribution is 5.98. The Morgan fingerprint density at radius 3 is 2.90 bits per heavy atom. The van der Waals surface area contributed by atoms with E-state index in [4.69, 9.17) is 14.2 Å². The van der Waals surface area contributed by atoms with Gasteiger partial charge >= 0.3 is 0 Å². The second-order valence-electron chi connectivity index (χ2n) is 7.28. The van der Waals surface area contributed by atoms with Gasteiger partial charge in [-0.2, -0.15) is 0 Å². The van der Waals surface area contributed by atoms with Crippen molar-refractivity contribution in [1.82, 2.24) is 19.5 Å². The molecule has 0 bridgehead atoms. The quantitative estimate of drug-likeness (QED) is 0.676. The maximum Gasteiger partial charge on any atom is 0.257 e. The smallest absolute Gasteiger partial charge is 0.257 e. The number of hydrogen-bond acceptors (Lipinski definition) is 6. The number of aromatic nitrogens is 3. The number of fused-ring (bicyclic) bond motifs is 2. The van der Waals surface area contributed by atoms with Crippen LogP contribution in [0.25, 0.3) is 5.65 Å². The summed E-state index contributed by atoms with van der Waals surface area (Å²) in [4.78, 5) is 19.1. The third-order valence-corrected chi connectivity index (χ3v) is 5.40. The summed E-state index contributed by atoms with van der Waals surface area (Å²) in [6, 6.07) is 9.20. The largest absolute Gasteiger partial charge is 0.486 e. The lowest BCUT2D eigenvalue weighted by Crippen LogP contribution is -2.40. The number of para-hydroxylation sites is 1. The van der Waals surface area contributed by atoms with Crippen molar-refractivity contribution in [3.63, 3.8) is 0 Å². The minimum absolute atomic E-state index is 0.000977. The molecule has 1 saturated heterocycles. The molecule has 1 fully saturated rings. The zero-order chi connectivity index (χ0) is 19.6. The van der Waals surface area contributed by atoms with E-state index in [9.17, 15) is 4.79 Å². The van der Waals surface area contributed by atoms with E-state index >= 15 is 0 Å². The van der Waals surface area contributed by atoms with Gasteiger partial charge in [-0.15, -0.1) is 5.10 Å². The third-order valence-electron chi connectivity index (χ3n) is 5.40. The maximum atomic E-state index is 13.0. The molecular formula is C21H22N4O4. The molecule has 2 aliphatic heterocycles. The molecule has 150 valence electrons. The molecule has 0 N–H and O–H groups in total. The minimum Gasteiger partial charge on any atom is -0.486 e. The van der Waals surface area contributed by atoms with E-state index in [-0.39, 0.29) is 5.91 Å². The van der Waals surface area contributed by atoms with Crippen LogP contribution in [0.1, 0.15) is 23.2 Å². The summed E-state index contributed by atoms with van der Waals surface area (Å²) < 4.78 is 18.9. The highest BCUT2D eigenvalue weighted by atomic mass is 16.6. The van der Waals surface area contributed by atoms with Crippen molar-refractivity contribution in [2.24, 2.45) is 5.92 Å². The number of likely N-dealkylation sites (tertiary alicyclic amines) is 1. The number of benzene rings is 1. The lowest BCUT2D eigenvalue weighted by Gasteiger charge is -2.32. The van der Waals surface area contributed by atoms with Crippen molar-refractivity contribution in [1.29, 1.82) is 0 Å². The Bertz CT molecular complexity index is 1030. The van der Waals surface area contributed by atoms with Gasteiger partial charge in [0.2, 0.25) is 5.88 Å². The number of nitrogens with zero attached hydrogens (tertiary/aromatic N) is 4. The molecule has 0 unspecified atom stereocenters. The Morgan fingerprint density at radius 1 is 1.14 bits per heavy atom. The fourth-order valence-corrected chi connectivity index (χ4v) is 3.79. The first kappa shape index (κ1) is 17.8. The summed E-state index contributed by atoms with van der Waals surface area (Å²) in [5, 5.41) is 4.39. The zero-order valence-corrected chi connectivity index (χ0v) is 16.0. The predicted octanol–water partition coefficient (Wildman–Crippen LogP) is 2.43. The molecule has 4 heterocycles. The van der Waals surface area contributed by atoms with Gasteiger partial charge in [-0.3, -0.25) is 4.79 Å². The molecule has 0 saturated carbocycles. The molecule has 5 rings (SSSR count). The summed E-state index contributed by atoms with van der Waals surface area (Å²) in [5.74, 6) is 2.19. The number of ether oxygens (including phenoxy) is 3. The molecule has 0 aliphatic carbocycles. The van der Waals surface area contributed by atoms with E-state index in [1.807, 2.05) is 35.2 Å². The molecule has 3 aromatic rings. The topological polar surface area (TPSA) is 78.2 Å². The van der Waals surface area contributed by atoms with Crippen LogP contribution < -0.4 is 14.2 Å². The average Bonchev–Trinajstić information content (AvgIpc) is 3.25. The van der Waals surface area contributed by atoms with E-state index in [2.05, 4.69) is 10.1 Å². The van der Waals surface area contributed by atoms with E-state index in [0.29, 0.717) is 61.8 Å². The average molecular weight is 394 g/mol. The van der Waals surface area contributed by atoms with Gasteiger partial charge < -0.3 is 19.1 Å². The van der Waals surface area contributed by atoms with E-state index in [1.54, 1.807) is 16.9 Å². The maximum absolute atomic E-state index is 13.0.